The van der Waals surface area contributed by atoms with Crippen molar-refractivity contribution >= 4 is 5.65 Å². The fourth-order valence-electron chi connectivity index (χ4n) is 1.84. The molecule has 0 saturated heterocycles. The number of aryl methyl sites for hydroxylation is 1. The predicted molar refractivity (Wildman–Crippen MR) is 63.0 cm³/mol. The van der Waals surface area contributed by atoms with Gasteiger partial charge >= 0.3 is 0 Å². The highest BCUT2D eigenvalue weighted by Crippen LogP contribution is 2.09. The standard InChI is InChI=1S/C13H18N2/c1-2-3-4-5-8-12-11-15-10-7-6-9-13(15)14-12/h6-7,9-11H,2-5,8H2,1H3. The van der Waals surface area contributed by atoms with E-state index in [-0.39, 0.29) is 0 Å². The van der Waals surface area contributed by atoms with Gasteiger partial charge in [0.1, 0.15) is 5.65 Å². The van der Waals surface area contributed by atoms with Gasteiger partial charge in [-0.05, 0) is 25.0 Å². The molecule has 0 unspecified atom stereocenters. The Morgan fingerprint density at radius 2 is 2.13 bits per heavy atom. The second-order valence-corrected chi connectivity index (χ2v) is 4.01. The van der Waals surface area contributed by atoms with Crippen LogP contribution in [0, 0.1) is 0 Å². The summed E-state index contributed by atoms with van der Waals surface area (Å²) >= 11 is 0. The summed E-state index contributed by atoms with van der Waals surface area (Å²) in [6, 6.07) is 6.12. The van der Waals surface area contributed by atoms with Crippen LogP contribution in [0.1, 0.15) is 38.3 Å². The molecule has 2 rings (SSSR count). The molecule has 0 aliphatic carbocycles. The first-order valence-electron chi connectivity index (χ1n) is 5.83. The number of pyridine rings is 1. The van der Waals surface area contributed by atoms with Gasteiger partial charge in [-0.25, -0.2) is 4.98 Å². The molecular weight excluding hydrogens is 184 g/mol. The summed E-state index contributed by atoms with van der Waals surface area (Å²) < 4.78 is 2.09. The van der Waals surface area contributed by atoms with Crippen LogP contribution in [0.2, 0.25) is 0 Å². The molecular formula is C13H18N2. The summed E-state index contributed by atoms with van der Waals surface area (Å²) in [5.41, 5.74) is 2.28. The van der Waals surface area contributed by atoms with E-state index in [1.165, 1.54) is 31.4 Å². The van der Waals surface area contributed by atoms with Crippen molar-refractivity contribution in [2.24, 2.45) is 0 Å². The molecule has 0 atom stereocenters. The normalized spacial score (nSPS) is 11.0. The zero-order chi connectivity index (χ0) is 10.5. The molecule has 0 aromatic carbocycles. The monoisotopic (exact) mass is 202 g/mol. The Balaban J connectivity index is 1.97. The predicted octanol–water partition coefficient (Wildman–Crippen LogP) is 3.46. The molecule has 2 heterocycles. The summed E-state index contributed by atoms with van der Waals surface area (Å²) in [5, 5.41) is 0. The van der Waals surface area contributed by atoms with Gasteiger partial charge in [-0.15, -0.1) is 0 Å². The molecule has 2 heteroatoms. The Morgan fingerprint density at radius 3 is 2.93 bits per heavy atom. The molecule has 80 valence electrons. The van der Waals surface area contributed by atoms with E-state index in [1.807, 2.05) is 12.1 Å². The smallest absolute Gasteiger partial charge is 0.136 e. The third kappa shape index (κ3) is 2.58. The van der Waals surface area contributed by atoms with E-state index >= 15 is 0 Å². The minimum Gasteiger partial charge on any atom is -0.307 e. The van der Waals surface area contributed by atoms with E-state index in [4.69, 9.17) is 0 Å². The first kappa shape index (κ1) is 10.2. The summed E-state index contributed by atoms with van der Waals surface area (Å²) in [4.78, 5) is 4.57. The molecule has 0 spiro atoms. The number of fused-ring (bicyclic) bond motifs is 1. The van der Waals surface area contributed by atoms with Crippen LogP contribution in [0.4, 0.5) is 0 Å². The van der Waals surface area contributed by atoms with Gasteiger partial charge in [-0.3, -0.25) is 0 Å². The third-order valence-corrected chi connectivity index (χ3v) is 2.70. The number of aromatic nitrogens is 2. The lowest BCUT2D eigenvalue weighted by atomic mass is 10.1. The van der Waals surface area contributed by atoms with Crippen LogP contribution < -0.4 is 0 Å². The zero-order valence-electron chi connectivity index (χ0n) is 9.32. The minimum absolute atomic E-state index is 1.06. The maximum absolute atomic E-state index is 4.57. The molecule has 0 saturated carbocycles. The SMILES string of the molecule is CCCCCCc1cn2ccccc2n1. The summed E-state index contributed by atoms with van der Waals surface area (Å²) in [6.45, 7) is 2.24. The number of unbranched alkanes of at least 4 members (excludes halogenated alkanes) is 3. The number of rotatable bonds is 5. The van der Waals surface area contributed by atoms with Gasteiger partial charge in [0.05, 0.1) is 5.69 Å². The van der Waals surface area contributed by atoms with E-state index in [1.54, 1.807) is 0 Å². The lowest BCUT2D eigenvalue weighted by molar-refractivity contribution is 0.662. The number of hydrogen-bond acceptors (Lipinski definition) is 1. The average Bonchev–Trinajstić information content (AvgIpc) is 2.67. The van der Waals surface area contributed by atoms with E-state index in [9.17, 15) is 0 Å². The van der Waals surface area contributed by atoms with Gasteiger partial charge in [0.15, 0.2) is 0 Å². The molecule has 0 bridgehead atoms. The van der Waals surface area contributed by atoms with E-state index < -0.39 is 0 Å². The van der Waals surface area contributed by atoms with E-state index in [0.29, 0.717) is 0 Å². The molecule has 2 aromatic rings. The maximum Gasteiger partial charge on any atom is 0.136 e. The molecule has 0 amide bonds. The molecule has 0 aliphatic rings. The molecule has 0 N–H and O–H groups in total. The van der Waals surface area contributed by atoms with Gasteiger partial charge in [-0.1, -0.05) is 32.3 Å². The van der Waals surface area contributed by atoms with Gasteiger partial charge < -0.3 is 4.40 Å². The average molecular weight is 202 g/mol. The highest BCUT2D eigenvalue weighted by molar-refractivity contribution is 5.39. The lowest BCUT2D eigenvalue weighted by Crippen LogP contribution is -1.85. The molecule has 15 heavy (non-hydrogen) atoms. The Kier molecular flexibility index (Phi) is 3.38. The van der Waals surface area contributed by atoms with Crippen molar-refractivity contribution in [2.75, 3.05) is 0 Å². The Bertz CT molecular complexity index is 384. The van der Waals surface area contributed by atoms with Crippen molar-refractivity contribution in [1.29, 1.82) is 0 Å². The van der Waals surface area contributed by atoms with Crippen molar-refractivity contribution < 1.29 is 0 Å². The van der Waals surface area contributed by atoms with Crippen LogP contribution in [0.25, 0.3) is 5.65 Å². The number of hydrogen-bond donors (Lipinski definition) is 0. The van der Waals surface area contributed by atoms with Crippen LogP contribution in [0.15, 0.2) is 30.6 Å². The fourth-order valence-corrected chi connectivity index (χ4v) is 1.84. The second-order valence-electron chi connectivity index (χ2n) is 4.01. The highest BCUT2D eigenvalue weighted by Gasteiger charge is 1.99. The summed E-state index contributed by atoms with van der Waals surface area (Å²) in [6.07, 6.45) is 10.5. The fraction of sp³-hybridized carbons (Fsp3) is 0.462. The first-order chi connectivity index (χ1) is 7.40. The van der Waals surface area contributed by atoms with Crippen LogP contribution in [0.5, 0.6) is 0 Å². The lowest BCUT2D eigenvalue weighted by Gasteiger charge is -1.95. The largest absolute Gasteiger partial charge is 0.307 e. The molecule has 0 aliphatic heterocycles. The topological polar surface area (TPSA) is 17.3 Å². The molecule has 2 nitrogen and oxygen atoms in total. The van der Waals surface area contributed by atoms with Crippen molar-refractivity contribution in [3.8, 4) is 0 Å². The van der Waals surface area contributed by atoms with Crippen molar-refractivity contribution in [2.45, 2.75) is 39.0 Å². The number of nitrogens with zero attached hydrogens (tertiary/aromatic N) is 2. The zero-order valence-corrected chi connectivity index (χ0v) is 9.32. The van der Waals surface area contributed by atoms with Crippen molar-refractivity contribution in [3.63, 3.8) is 0 Å². The van der Waals surface area contributed by atoms with Crippen molar-refractivity contribution in [3.05, 3.63) is 36.3 Å². The van der Waals surface area contributed by atoms with Crippen molar-refractivity contribution in [1.82, 2.24) is 9.38 Å². The maximum atomic E-state index is 4.57. The molecule has 2 aromatic heterocycles. The second kappa shape index (κ2) is 4.96. The van der Waals surface area contributed by atoms with Gasteiger partial charge in [0.2, 0.25) is 0 Å². The Labute approximate surface area is 91.0 Å². The van der Waals surface area contributed by atoms with Gasteiger partial charge in [0.25, 0.3) is 0 Å². The highest BCUT2D eigenvalue weighted by atomic mass is 15.0. The first-order valence-corrected chi connectivity index (χ1v) is 5.83. The Hall–Kier alpha value is -1.31. The molecule has 0 radical (unpaired) electrons. The van der Waals surface area contributed by atoms with Gasteiger partial charge in [0, 0.05) is 12.4 Å². The Morgan fingerprint density at radius 1 is 1.20 bits per heavy atom. The minimum atomic E-state index is 1.06. The summed E-state index contributed by atoms with van der Waals surface area (Å²) in [5.74, 6) is 0. The quantitative estimate of drug-likeness (QED) is 0.679. The van der Waals surface area contributed by atoms with Crippen LogP contribution in [0.3, 0.4) is 0 Å². The van der Waals surface area contributed by atoms with E-state index in [2.05, 4.69) is 34.8 Å². The third-order valence-electron chi connectivity index (χ3n) is 2.70. The van der Waals surface area contributed by atoms with Crippen LogP contribution in [-0.4, -0.2) is 9.38 Å². The van der Waals surface area contributed by atoms with Gasteiger partial charge in [-0.2, -0.15) is 0 Å². The van der Waals surface area contributed by atoms with Crippen LogP contribution in [-0.2, 0) is 6.42 Å². The van der Waals surface area contributed by atoms with Crippen LogP contribution >= 0.6 is 0 Å². The molecule has 0 fully saturated rings. The van der Waals surface area contributed by atoms with E-state index in [0.717, 1.165) is 12.1 Å². The number of imidazole rings is 1. The summed E-state index contributed by atoms with van der Waals surface area (Å²) in [7, 11) is 0.